The van der Waals surface area contributed by atoms with Gasteiger partial charge in [0.15, 0.2) is 0 Å². The van der Waals surface area contributed by atoms with Gasteiger partial charge in [-0.05, 0) is 18.9 Å². The van der Waals surface area contributed by atoms with E-state index in [2.05, 4.69) is 4.72 Å². The Morgan fingerprint density at radius 1 is 1.40 bits per heavy atom. The number of rotatable bonds is 6. The lowest BCUT2D eigenvalue weighted by atomic mass is 10.1. The number of hydrogen-bond acceptors (Lipinski definition) is 5. The summed E-state index contributed by atoms with van der Waals surface area (Å²) < 4.78 is 26.5. The highest BCUT2D eigenvalue weighted by atomic mass is 32.2. The Kier molecular flexibility index (Phi) is 5.21. The van der Waals surface area contributed by atoms with Crippen LogP contribution in [0.1, 0.15) is 19.4 Å². The Morgan fingerprint density at radius 2 is 2.00 bits per heavy atom. The molecular formula is C12H18N2O5S. The van der Waals surface area contributed by atoms with E-state index in [1.165, 1.54) is 25.1 Å². The maximum Gasteiger partial charge on any atom is 0.273 e. The highest BCUT2D eigenvalue weighted by Crippen LogP contribution is 2.24. The number of nitro benzene ring substituents is 1. The van der Waals surface area contributed by atoms with Gasteiger partial charge in [-0.15, -0.1) is 0 Å². The minimum absolute atomic E-state index is 0.0732. The van der Waals surface area contributed by atoms with Gasteiger partial charge >= 0.3 is 0 Å². The van der Waals surface area contributed by atoms with E-state index >= 15 is 0 Å². The number of nitrogens with zero attached hydrogens (tertiary/aromatic N) is 1. The van der Waals surface area contributed by atoms with E-state index in [1.807, 2.05) is 0 Å². The Hall–Kier alpha value is -1.51. The van der Waals surface area contributed by atoms with Crippen molar-refractivity contribution in [1.29, 1.82) is 0 Å². The zero-order valence-corrected chi connectivity index (χ0v) is 12.3. The molecule has 0 spiro atoms. The minimum atomic E-state index is -3.89. The Labute approximate surface area is 117 Å². The molecule has 0 saturated heterocycles. The average Bonchev–Trinajstić information content (AvgIpc) is 2.35. The molecule has 20 heavy (non-hydrogen) atoms. The molecule has 2 N–H and O–H groups in total. The van der Waals surface area contributed by atoms with Gasteiger partial charge in [0.2, 0.25) is 10.0 Å². The number of nitro groups is 1. The third-order valence-corrected chi connectivity index (χ3v) is 4.56. The van der Waals surface area contributed by atoms with E-state index in [-0.39, 0.29) is 28.6 Å². The van der Waals surface area contributed by atoms with Crippen LogP contribution in [0.2, 0.25) is 0 Å². The highest BCUT2D eigenvalue weighted by molar-refractivity contribution is 7.89. The molecule has 1 rings (SSSR count). The van der Waals surface area contributed by atoms with Gasteiger partial charge in [-0.3, -0.25) is 10.1 Å². The number of aliphatic hydroxyl groups excluding tert-OH is 1. The summed E-state index contributed by atoms with van der Waals surface area (Å²) in [5.41, 5.74) is -0.179. The molecule has 1 aromatic carbocycles. The molecular weight excluding hydrogens is 284 g/mol. The molecule has 1 unspecified atom stereocenters. The van der Waals surface area contributed by atoms with Crippen molar-refractivity contribution in [2.45, 2.75) is 31.8 Å². The predicted molar refractivity (Wildman–Crippen MR) is 73.9 cm³/mol. The van der Waals surface area contributed by atoms with Gasteiger partial charge in [0.1, 0.15) is 0 Å². The second-order valence-corrected chi connectivity index (χ2v) is 6.56. The van der Waals surface area contributed by atoms with Crippen molar-refractivity contribution in [3.05, 3.63) is 33.9 Å². The minimum Gasteiger partial charge on any atom is -0.391 e. The predicted octanol–water partition coefficient (Wildman–Crippen LogP) is 1.20. The van der Waals surface area contributed by atoms with Crippen molar-refractivity contribution in [3.8, 4) is 0 Å². The van der Waals surface area contributed by atoms with E-state index in [1.54, 1.807) is 13.8 Å². The van der Waals surface area contributed by atoms with Crippen LogP contribution in [-0.2, 0) is 10.0 Å². The van der Waals surface area contributed by atoms with Gasteiger partial charge in [0, 0.05) is 18.2 Å². The molecule has 0 aliphatic carbocycles. The van der Waals surface area contributed by atoms with Gasteiger partial charge in [-0.2, -0.15) is 0 Å². The molecule has 0 fully saturated rings. The van der Waals surface area contributed by atoms with Crippen LogP contribution in [-0.4, -0.2) is 31.1 Å². The number of benzene rings is 1. The quantitative estimate of drug-likeness (QED) is 0.606. The average molecular weight is 302 g/mol. The first-order valence-corrected chi connectivity index (χ1v) is 7.57. The van der Waals surface area contributed by atoms with Crippen LogP contribution in [0.5, 0.6) is 0 Å². The van der Waals surface area contributed by atoms with Crippen molar-refractivity contribution in [3.63, 3.8) is 0 Å². The van der Waals surface area contributed by atoms with Crippen LogP contribution >= 0.6 is 0 Å². The Morgan fingerprint density at radius 3 is 2.50 bits per heavy atom. The molecule has 1 atom stereocenters. The maximum absolute atomic E-state index is 12.1. The maximum atomic E-state index is 12.1. The molecule has 0 bridgehead atoms. The van der Waals surface area contributed by atoms with Gasteiger partial charge < -0.3 is 5.11 Å². The van der Waals surface area contributed by atoms with Crippen molar-refractivity contribution in [2.24, 2.45) is 5.92 Å². The molecule has 0 radical (unpaired) electrons. The summed E-state index contributed by atoms with van der Waals surface area (Å²) in [6.07, 6.45) is -0.816. The second-order valence-electron chi connectivity index (χ2n) is 4.82. The molecule has 0 aliphatic rings. The fraction of sp³-hybridized carbons (Fsp3) is 0.500. The summed E-state index contributed by atoms with van der Waals surface area (Å²) in [7, 11) is -3.89. The van der Waals surface area contributed by atoms with Gasteiger partial charge in [0.05, 0.1) is 15.9 Å². The zero-order valence-electron chi connectivity index (χ0n) is 11.5. The zero-order chi connectivity index (χ0) is 15.5. The summed E-state index contributed by atoms with van der Waals surface area (Å²) in [5, 5.41) is 20.4. The molecule has 0 aliphatic heterocycles. The van der Waals surface area contributed by atoms with Crippen LogP contribution < -0.4 is 4.72 Å². The van der Waals surface area contributed by atoms with Crippen LogP contribution in [0.15, 0.2) is 23.1 Å². The smallest absolute Gasteiger partial charge is 0.273 e. The molecule has 112 valence electrons. The van der Waals surface area contributed by atoms with Gasteiger partial charge in [-0.25, -0.2) is 13.1 Å². The lowest BCUT2D eigenvalue weighted by Gasteiger charge is -2.15. The molecule has 8 heteroatoms. The number of nitrogens with one attached hydrogen (secondary N) is 1. The summed E-state index contributed by atoms with van der Waals surface area (Å²) >= 11 is 0. The molecule has 7 nitrogen and oxygen atoms in total. The first kappa shape index (κ1) is 16.5. The summed E-state index contributed by atoms with van der Waals surface area (Å²) in [6, 6.07) is 3.86. The van der Waals surface area contributed by atoms with Gasteiger partial charge in [0.25, 0.3) is 5.69 Å². The monoisotopic (exact) mass is 302 g/mol. The van der Waals surface area contributed by atoms with Crippen LogP contribution in [0.25, 0.3) is 0 Å². The largest absolute Gasteiger partial charge is 0.391 e. The summed E-state index contributed by atoms with van der Waals surface area (Å²) in [4.78, 5) is 10.0. The lowest BCUT2D eigenvalue weighted by Crippen LogP contribution is -2.35. The van der Waals surface area contributed by atoms with Crippen molar-refractivity contribution in [2.75, 3.05) is 6.54 Å². The third kappa shape index (κ3) is 3.75. The third-order valence-electron chi connectivity index (χ3n) is 2.99. The topological polar surface area (TPSA) is 110 Å². The van der Waals surface area contributed by atoms with E-state index in [9.17, 15) is 23.6 Å². The first-order valence-electron chi connectivity index (χ1n) is 6.08. The van der Waals surface area contributed by atoms with Crippen molar-refractivity contribution >= 4 is 15.7 Å². The molecule has 1 aromatic rings. The van der Waals surface area contributed by atoms with Crippen molar-refractivity contribution in [1.82, 2.24) is 4.72 Å². The lowest BCUT2D eigenvalue weighted by molar-refractivity contribution is -0.385. The molecule has 0 saturated carbocycles. The fourth-order valence-electron chi connectivity index (χ4n) is 1.60. The summed E-state index contributed by atoms with van der Waals surface area (Å²) in [5.74, 6) is -0.0936. The number of aliphatic hydroxyl groups is 1. The van der Waals surface area contributed by atoms with Crippen LogP contribution in [0.3, 0.4) is 0 Å². The van der Waals surface area contributed by atoms with Crippen LogP contribution in [0.4, 0.5) is 5.69 Å². The first-order chi connectivity index (χ1) is 9.16. The molecule has 0 aromatic heterocycles. The standard InChI is InChI=1S/C12H18N2O5S/c1-8(2)11(15)7-13-20(18,19)12-6-4-5-10(9(12)3)14(16)17/h4-6,8,11,13,15H,7H2,1-3H3. The van der Waals surface area contributed by atoms with E-state index in [0.29, 0.717) is 0 Å². The van der Waals surface area contributed by atoms with Crippen LogP contribution in [0, 0.1) is 23.0 Å². The molecule has 0 amide bonds. The van der Waals surface area contributed by atoms with E-state index in [0.717, 1.165) is 0 Å². The second kappa shape index (κ2) is 6.29. The summed E-state index contributed by atoms with van der Waals surface area (Å²) in [6.45, 7) is 4.77. The normalized spacial score (nSPS) is 13.4. The highest BCUT2D eigenvalue weighted by Gasteiger charge is 2.23. The van der Waals surface area contributed by atoms with Gasteiger partial charge in [-0.1, -0.05) is 19.9 Å². The van der Waals surface area contributed by atoms with E-state index < -0.39 is 21.1 Å². The van der Waals surface area contributed by atoms with E-state index in [4.69, 9.17) is 0 Å². The number of sulfonamides is 1. The fourth-order valence-corrected chi connectivity index (χ4v) is 2.91. The molecule has 0 heterocycles. The van der Waals surface area contributed by atoms with Crippen molar-refractivity contribution < 1.29 is 18.4 Å². The SMILES string of the molecule is Cc1c([N+](=O)[O-])cccc1S(=O)(=O)NCC(O)C(C)C. The Balaban J connectivity index is 3.05. The number of hydrogen-bond donors (Lipinski definition) is 2. The Bertz CT molecular complexity index is 598.